The molecular weight excluding hydrogens is 224 g/mol. The van der Waals surface area contributed by atoms with Crippen LogP contribution < -0.4 is 0 Å². The third-order valence-corrected chi connectivity index (χ3v) is 3.19. The molecule has 0 saturated carbocycles. The Labute approximate surface area is 98.7 Å². The quantitative estimate of drug-likeness (QED) is 0.596. The lowest BCUT2D eigenvalue weighted by atomic mass is 9.82. The zero-order valence-corrected chi connectivity index (χ0v) is 9.76. The number of ether oxygens (including phenoxy) is 2. The van der Waals surface area contributed by atoms with Gasteiger partial charge in [-0.1, -0.05) is 13.8 Å². The summed E-state index contributed by atoms with van der Waals surface area (Å²) in [5.41, 5.74) is -1.16. The summed E-state index contributed by atoms with van der Waals surface area (Å²) >= 11 is 0. The van der Waals surface area contributed by atoms with Gasteiger partial charge in [-0.15, -0.1) is 0 Å². The lowest BCUT2D eigenvalue weighted by molar-refractivity contribution is -0.229. The molecule has 5 nitrogen and oxygen atoms in total. The molecule has 1 aromatic heterocycles. The average Bonchev–Trinajstić information content (AvgIpc) is 2.83. The molecule has 0 spiro atoms. The van der Waals surface area contributed by atoms with Crippen LogP contribution in [-0.4, -0.2) is 11.9 Å². The van der Waals surface area contributed by atoms with Crippen LogP contribution in [-0.2, 0) is 19.1 Å². The number of carbonyl (C=O) groups excluding carboxylic acids is 2. The van der Waals surface area contributed by atoms with Crippen molar-refractivity contribution in [3.8, 4) is 0 Å². The minimum Gasteiger partial charge on any atom is -0.461 e. The van der Waals surface area contributed by atoms with Crippen LogP contribution in [0.2, 0.25) is 0 Å². The van der Waals surface area contributed by atoms with Gasteiger partial charge in [0.2, 0.25) is 0 Å². The van der Waals surface area contributed by atoms with Gasteiger partial charge in [-0.25, -0.2) is 0 Å². The number of hydrogen-bond donors (Lipinski definition) is 0. The molecule has 1 fully saturated rings. The minimum atomic E-state index is -1.16. The van der Waals surface area contributed by atoms with E-state index in [9.17, 15) is 9.59 Å². The Morgan fingerprint density at radius 3 is 2.18 bits per heavy atom. The van der Waals surface area contributed by atoms with Crippen molar-refractivity contribution in [2.75, 3.05) is 0 Å². The zero-order chi connectivity index (χ0) is 12.5. The normalized spacial score (nSPS) is 19.9. The molecular formula is C12H14O5. The highest BCUT2D eigenvalue weighted by molar-refractivity contribution is 6.01. The molecule has 17 heavy (non-hydrogen) atoms. The second-order valence-electron chi connectivity index (χ2n) is 3.95. The van der Waals surface area contributed by atoms with Gasteiger partial charge in [0.15, 0.2) is 11.2 Å². The standard InChI is InChI=1S/C12H14O5/c1-3-12(4-2)10(13)16-9(17-11(12)14)8-6-5-7-15-8/h5-7,9H,3-4H2,1-2H3. The van der Waals surface area contributed by atoms with Gasteiger partial charge < -0.3 is 13.9 Å². The van der Waals surface area contributed by atoms with Crippen LogP contribution in [0.25, 0.3) is 0 Å². The van der Waals surface area contributed by atoms with Crippen molar-refractivity contribution in [3.63, 3.8) is 0 Å². The maximum atomic E-state index is 11.9. The van der Waals surface area contributed by atoms with E-state index in [-0.39, 0.29) is 0 Å². The molecule has 1 aromatic rings. The minimum absolute atomic E-state index is 0.313. The summed E-state index contributed by atoms with van der Waals surface area (Å²) in [6.07, 6.45) is 1.10. The molecule has 0 radical (unpaired) electrons. The Hall–Kier alpha value is -1.78. The number of carbonyl (C=O) groups is 2. The smallest absolute Gasteiger partial charge is 0.326 e. The van der Waals surface area contributed by atoms with Crippen LogP contribution in [0.15, 0.2) is 22.8 Å². The average molecular weight is 238 g/mol. The van der Waals surface area contributed by atoms with Gasteiger partial charge in [0.1, 0.15) is 0 Å². The van der Waals surface area contributed by atoms with Crippen LogP contribution in [0.3, 0.4) is 0 Å². The molecule has 0 amide bonds. The summed E-state index contributed by atoms with van der Waals surface area (Å²) in [7, 11) is 0. The number of furan rings is 1. The van der Waals surface area contributed by atoms with E-state index in [0.717, 1.165) is 0 Å². The lowest BCUT2D eigenvalue weighted by Crippen LogP contribution is -2.46. The summed E-state index contributed by atoms with van der Waals surface area (Å²) < 4.78 is 15.3. The first-order valence-corrected chi connectivity index (χ1v) is 5.59. The van der Waals surface area contributed by atoms with Gasteiger partial charge in [-0.05, 0) is 25.0 Å². The first-order chi connectivity index (χ1) is 8.14. The molecule has 1 aliphatic heterocycles. The molecule has 0 bridgehead atoms. The Bertz CT molecular complexity index is 396. The van der Waals surface area contributed by atoms with E-state index in [4.69, 9.17) is 13.9 Å². The fraction of sp³-hybridized carbons (Fsp3) is 0.500. The topological polar surface area (TPSA) is 65.7 Å². The largest absolute Gasteiger partial charge is 0.461 e. The van der Waals surface area contributed by atoms with E-state index < -0.39 is 23.6 Å². The summed E-state index contributed by atoms with van der Waals surface area (Å²) in [6, 6.07) is 3.23. The Morgan fingerprint density at radius 2 is 1.76 bits per heavy atom. The van der Waals surface area contributed by atoms with Crippen molar-refractivity contribution < 1.29 is 23.5 Å². The van der Waals surface area contributed by atoms with E-state index in [2.05, 4.69) is 0 Å². The van der Waals surface area contributed by atoms with E-state index in [1.807, 2.05) is 0 Å². The van der Waals surface area contributed by atoms with Crippen molar-refractivity contribution in [1.29, 1.82) is 0 Å². The molecule has 2 heterocycles. The highest BCUT2D eigenvalue weighted by Gasteiger charge is 2.52. The third kappa shape index (κ3) is 1.71. The molecule has 92 valence electrons. The molecule has 0 aromatic carbocycles. The number of cyclic esters (lactones) is 2. The van der Waals surface area contributed by atoms with Crippen molar-refractivity contribution >= 4 is 11.9 Å². The second-order valence-corrected chi connectivity index (χ2v) is 3.95. The molecule has 5 heteroatoms. The number of rotatable bonds is 3. The molecule has 1 aliphatic rings. The van der Waals surface area contributed by atoms with Crippen molar-refractivity contribution in [3.05, 3.63) is 24.2 Å². The number of esters is 2. The van der Waals surface area contributed by atoms with E-state index in [1.54, 1.807) is 26.0 Å². The van der Waals surface area contributed by atoms with Crippen LogP contribution in [0.5, 0.6) is 0 Å². The third-order valence-electron chi connectivity index (χ3n) is 3.19. The predicted octanol–water partition coefficient (Wildman–Crippen LogP) is 2.18. The molecule has 0 unspecified atom stereocenters. The van der Waals surface area contributed by atoms with Crippen LogP contribution in [0.4, 0.5) is 0 Å². The monoisotopic (exact) mass is 238 g/mol. The number of hydrogen-bond acceptors (Lipinski definition) is 5. The molecule has 1 saturated heterocycles. The molecule has 0 N–H and O–H groups in total. The van der Waals surface area contributed by atoms with Crippen molar-refractivity contribution in [1.82, 2.24) is 0 Å². The summed E-state index contributed by atoms with van der Waals surface area (Å²) in [6.45, 7) is 3.53. The van der Waals surface area contributed by atoms with Gasteiger partial charge in [0.05, 0.1) is 6.26 Å². The Morgan fingerprint density at radius 1 is 1.18 bits per heavy atom. The van der Waals surface area contributed by atoms with Gasteiger partial charge >= 0.3 is 18.2 Å². The Balaban J connectivity index is 2.24. The van der Waals surface area contributed by atoms with Crippen molar-refractivity contribution in [2.45, 2.75) is 33.0 Å². The summed E-state index contributed by atoms with van der Waals surface area (Å²) in [5, 5.41) is 0. The zero-order valence-electron chi connectivity index (χ0n) is 9.76. The first kappa shape index (κ1) is 11.7. The van der Waals surface area contributed by atoms with E-state index >= 15 is 0 Å². The summed E-state index contributed by atoms with van der Waals surface area (Å²) in [5.74, 6) is -0.771. The second kappa shape index (κ2) is 4.24. The van der Waals surface area contributed by atoms with E-state index in [0.29, 0.717) is 18.6 Å². The van der Waals surface area contributed by atoms with Gasteiger partial charge in [0.25, 0.3) is 0 Å². The predicted molar refractivity (Wildman–Crippen MR) is 56.6 cm³/mol. The fourth-order valence-corrected chi connectivity index (χ4v) is 1.90. The lowest BCUT2D eigenvalue weighted by Gasteiger charge is -2.34. The highest BCUT2D eigenvalue weighted by Crippen LogP contribution is 2.38. The van der Waals surface area contributed by atoms with Crippen LogP contribution >= 0.6 is 0 Å². The molecule has 0 aliphatic carbocycles. The first-order valence-electron chi connectivity index (χ1n) is 5.59. The Kier molecular flexibility index (Phi) is 2.92. The van der Waals surface area contributed by atoms with Gasteiger partial charge in [0, 0.05) is 0 Å². The van der Waals surface area contributed by atoms with Gasteiger partial charge in [-0.2, -0.15) is 0 Å². The van der Waals surface area contributed by atoms with Crippen LogP contribution in [0, 0.1) is 5.41 Å². The molecule has 0 atom stereocenters. The summed E-state index contributed by atoms with van der Waals surface area (Å²) in [4.78, 5) is 23.9. The van der Waals surface area contributed by atoms with Crippen molar-refractivity contribution in [2.24, 2.45) is 5.41 Å². The van der Waals surface area contributed by atoms with Gasteiger partial charge in [-0.3, -0.25) is 9.59 Å². The maximum Gasteiger partial charge on any atom is 0.326 e. The van der Waals surface area contributed by atoms with Crippen LogP contribution in [0.1, 0.15) is 38.7 Å². The fourth-order valence-electron chi connectivity index (χ4n) is 1.90. The SMILES string of the molecule is CCC1(CC)C(=O)OC(c2ccco2)OC1=O. The van der Waals surface area contributed by atoms with E-state index in [1.165, 1.54) is 6.26 Å². The maximum absolute atomic E-state index is 11.9. The highest BCUT2D eigenvalue weighted by atomic mass is 16.7. The molecule has 2 rings (SSSR count).